The molecule has 1 aliphatic carbocycles. The number of anilines is 3. The van der Waals surface area contributed by atoms with Crippen LogP contribution in [0.4, 0.5) is 22.2 Å². The second kappa shape index (κ2) is 16.0. The highest BCUT2D eigenvalue weighted by atomic mass is 32.2. The van der Waals surface area contributed by atoms with Crippen LogP contribution in [0, 0.1) is 0 Å². The van der Waals surface area contributed by atoms with Crippen LogP contribution in [-0.4, -0.2) is 94.0 Å². The molecular formula is C38H44N10O6S. The molecule has 3 heterocycles. The number of carbonyl (C=O) groups is 2. The van der Waals surface area contributed by atoms with Crippen LogP contribution in [0.5, 0.6) is 0 Å². The molecule has 1 aliphatic heterocycles. The fourth-order valence-corrected chi connectivity index (χ4v) is 7.80. The Morgan fingerprint density at radius 2 is 1.60 bits per heavy atom. The summed E-state index contributed by atoms with van der Waals surface area (Å²) in [7, 11) is -3.86. The number of nitrogens with one attached hydrogen (secondary N) is 4. The number of carbonyl (C=O) groups excluding carboxylic acids is 2. The number of fused-ring (bicyclic) bond motifs is 1. The quantitative estimate of drug-likeness (QED) is 0.0976. The van der Waals surface area contributed by atoms with Crippen molar-refractivity contribution in [1.29, 1.82) is 0 Å². The lowest BCUT2D eigenvalue weighted by Gasteiger charge is -2.22. The number of hydrogen-bond acceptors (Lipinski definition) is 11. The molecule has 0 bridgehead atoms. The number of hydrogen-bond donors (Lipinski definition) is 7. The van der Waals surface area contributed by atoms with Gasteiger partial charge in [-0.15, -0.1) is 0 Å². The monoisotopic (exact) mass is 768 g/mol. The molecule has 8 N–H and O–H groups in total. The fraction of sp³-hybridized carbons (Fsp3) is 0.342. The Kier molecular flexibility index (Phi) is 11.0. The third-order valence-corrected chi connectivity index (χ3v) is 11.1. The molecule has 17 heteroatoms. The maximum Gasteiger partial charge on any atom is 0.319 e. The number of imidazole rings is 1. The SMILES string of the molecule is CCC(=O)N[C@H]1C[C@@H](n2cnc3c(NCC(c4ccccc4)c4ccccc4)nc(N4CC[C@@H](NC(=O)Nc5ccc(S(N)(=O)=O)cc5)C4)nc32)[C@H](O)[C@@H]1O. The van der Waals surface area contributed by atoms with Crippen molar-refractivity contribution in [2.45, 2.75) is 67.3 Å². The molecule has 0 unspecified atom stereocenters. The molecule has 16 nitrogen and oxygen atoms in total. The number of rotatable bonds is 12. The molecular weight excluding hydrogens is 725 g/mol. The highest BCUT2D eigenvalue weighted by Crippen LogP contribution is 2.35. The van der Waals surface area contributed by atoms with Crippen molar-refractivity contribution in [2.24, 2.45) is 5.14 Å². The molecule has 0 radical (unpaired) electrons. The minimum absolute atomic E-state index is 0.0255. The standard InChI is InChI=1S/C38H44N10O6S/c1-2-31(49)44-29-19-30(34(51)33(29)50)48-22-41-32-35(40-20-28(23-9-5-3-6-10-23)24-11-7-4-8-12-24)45-37(46-36(32)48)47-18-17-26(21-47)43-38(52)42-25-13-15-27(16-14-25)55(39,53)54/h3-16,22,26,28-30,33-34,50-51H,2,17-21H2,1H3,(H,44,49)(H2,39,53,54)(H,40,45,46)(H2,42,43,52)/t26-,29+,30-,33-,34+/m1/s1. The summed E-state index contributed by atoms with van der Waals surface area (Å²) in [6.45, 7) is 3.12. The van der Waals surface area contributed by atoms with Crippen LogP contribution in [0.1, 0.15) is 49.3 Å². The Labute approximate surface area is 318 Å². The largest absolute Gasteiger partial charge is 0.388 e. The number of nitrogens with zero attached hydrogens (tertiary/aromatic N) is 5. The van der Waals surface area contributed by atoms with E-state index in [1.165, 1.54) is 24.3 Å². The zero-order valence-electron chi connectivity index (χ0n) is 30.1. The van der Waals surface area contributed by atoms with Crippen LogP contribution >= 0.6 is 0 Å². The van der Waals surface area contributed by atoms with Gasteiger partial charge in [-0.25, -0.2) is 23.3 Å². The lowest BCUT2D eigenvalue weighted by atomic mass is 9.91. The van der Waals surface area contributed by atoms with Crippen LogP contribution in [0.2, 0.25) is 0 Å². The van der Waals surface area contributed by atoms with Crippen molar-refractivity contribution < 1.29 is 28.2 Å². The molecule has 5 aromatic rings. The zero-order chi connectivity index (χ0) is 38.7. The summed E-state index contributed by atoms with van der Waals surface area (Å²) >= 11 is 0. The maximum atomic E-state index is 12.9. The molecule has 3 aromatic carbocycles. The first-order chi connectivity index (χ1) is 26.5. The Hall–Kier alpha value is -5.62. The van der Waals surface area contributed by atoms with Crippen molar-refractivity contribution in [3.8, 4) is 0 Å². The van der Waals surface area contributed by atoms with Crippen LogP contribution in [0.15, 0.2) is 96.2 Å². The Morgan fingerprint density at radius 3 is 2.24 bits per heavy atom. The summed E-state index contributed by atoms with van der Waals surface area (Å²) in [5, 5.41) is 39.3. The maximum absolute atomic E-state index is 12.9. The third-order valence-electron chi connectivity index (χ3n) is 10.2. The van der Waals surface area contributed by atoms with Gasteiger partial charge in [0.1, 0.15) is 12.2 Å². The van der Waals surface area contributed by atoms with Gasteiger partial charge < -0.3 is 40.9 Å². The first kappa shape index (κ1) is 37.7. The van der Waals surface area contributed by atoms with Crippen LogP contribution in [0.3, 0.4) is 0 Å². The number of benzene rings is 3. The van der Waals surface area contributed by atoms with Gasteiger partial charge in [0.2, 0.25) is 21.9 Å². The number of primary sulfonamides is 1. The molecule has 2 fully saturated rings. The Bertz CT molecular complexity index is 2200. The summed E-state index contributed by atoms with van der Waals surface area (Å²) in [4.78, 5) is 41.6. The minimum Gasteiger partial charge on any atom is -0.388 e. The first-order valence-electron chi connectivity index (χ1n) is 18.2. The minimum atomic E-state index is -3.86. The van der Waals surface area contributed by atoms with Gasteiger partial charge in [-0.1, -0.05) is 67.6 Å². The normalized spacial score (nSPS) is 21.2. The van der Waals surface area contributed by atoms with Gasteiger partial charge in [0, 0.05) is 43.7 Å². The van der Waals surface area contributed by atoms with Crippen LogP contribution in [0.25, 0.3) is 11.2 Å². The molecule has 5 atom stereocenters. The molecule has 1 saturated heterocycles. The van der Waals surface area contributed by atoms with E-state index in [0.717, 1.165) is 11.1 Å². The molecule has 0 spiro atoms. The van der Waals surface area contributed by atoms with Gasteiger partial charge in [-0.05, 0) is 48.2 Å². The van der Waals surface area contributed by atoms with Crippen molar-refractivity contribution >= 4 is 50.6 Å². The van der Waals surface area contributed by atoms with Gasteiger partial charge in [0.15, 0.2) is 17.0 Å². The molecule has 2 aliphatic rings. The van der Waals surface area contributed by atoms with E-state index in [-0.39, 0.29) is 35.6 Å². The topological polar surface area (TPSA) is 230 Å². The number of aliphatic hydroxyl groups excluding tert-OH is 2. The van der Waals surface area contributed by atoms with Gasteiger partial charge in [-0.3, -0.25) is 4.79 Å². The summed E-state index contributed by atoms with van der Waals surface area (Å²) in [6.07, 6.45) is 0.318. The van der Waals surface area contributed by atoms with Gasteiger partial charge in [0.05, 0.1) is 23.3 Å². The van der Waals surface area contributed by atoms with E-state index in [1.807, 2.05) is 41.3 Å². The van der Waals surface area contributed by atoms with Gasteiger partial charge in [0.25, 0.3) is 0 Å². The molecule has 288 valence electrons. The number of urea groups is 1. The van der Waals surface area contributed by atoms with Crippen molar-refractivity contribution in [3.63, 3.8) is 0 Å². The second-order valence-electron chi connectivity index (χ2n) is 13.9. The third kappa shape index (κ3) is 8.39. The zero-order valence-corrected chi connectivity index (χ0v) is 30.9. The van der Waals surface area contributed by atoms with E-state index in [9.17, 15) is 28.2 Å². The Balaban J connectivity index is 1.15. The van der Waals surface area contributed by atoms with E-state index >= 15 is 0 Å². The number of aromatic nitrogens is 4. The average Bonchev–Trinajstić information content (AvgIpc) is 3.90. The average molecular weight is 769 g/mol. The molecule has 55 heavy (non-hydrogen) atoms. The number of aliphatic hydroxyl groups is 2. The summed E-state index contributed by atoms with van der Waals surface area (Å²) < 4.78 is 24.9. The smallest absolute Gasteiger partial charge is 0.319 e. The second-order valence-corrected chi connectivity index (χ2v) is 15.4. The highest BCUT2D eigenvalue weighted by molar-refractivity contribution is 7.89. The lowest BCUT2D eigenvalue weighted by Crippen LogP contribution is -2.42. The van der Waals surface area contributed by atoms with E-state index < -0.39 is 40.3 Å². The van der Waals surface area contributed by atoms with Gasteiger partial charge >= 0.3 is 6.03 Å². The van der Waals surface area contributed by atoms with Crippen LogP contribution in [-0.2, 0) is 14.8 Å². The lowest BCUT2D eigenvalue weighted by molar-refractivity contribution is -0.122. The molecule has 7 rings (SSSR count). The fourth-order valence-electron chi connectivity index (χ4n) is 7.29. The van der Waals surface area contributed by atoms with Crippen molar-refractivity contribution in [3.05, 3.63) is 102 Å². The highest BCUT2D eigenvalue weighted by Gasteiger charge is 2.44. The predicted molar refractivity (Wildman–Crippen MR) is 207 cm³/mol. The van der Waals surface area contributed by atoms with Crippen molar-refractivity contribution in [1.82, 2.24) is 30.2 Å². The van der Waals surface area contributed by atoms with E-state index in [1.54, 1.807) is 17.8 Å². The number of sulfonamides is 1. The van der Waals surface area contributed by atoms with Crippen LogP contribution < -0.4 is 31.3 Å². The predicted octanol–water partition coefficient (Wildman–Crippen LogP) is 2.68. The summed E-state index contributed by atoms with van der Waals surface area (Å²) in [5.41, 5.74) is 3.56. The molecule has 2 aromatic heterocycles. The van der Waals surface area contributed by atoms with Crippen molar-refractivity contribution in [2.75, 3.05) is 35.2 Å². The van der Waals surface area contributed by atoms with Gasteiger partial charge in [-0.2, -0.15) is 9.97 Å². The van der Waals surface area contributed by atoms with E-state index in [4.69, 9.17) is 20.1 Å². The summed E-state index contributed by atoms with van der Waals surface area (Å²) in [5.74, 6) is 0.625. The number of amides is 3. The first-order valence-corrected chi connectivity index (χ1v) is 19.7. The van der Waals surface area contributed by atoms with E-state index in [2.05, 4.69) is 45.5 Å². The molecule has 1 saturated carbocycles. The van der Waals surface area contributed by atoms with E-state index in [0.29, 0.717) is 54.7 Å². The summed E-state index contributed by atoms with van der Waals surface area (Å²) in [6, 6.07) is 23.9. The molecule has 3 amide bonds. The Morgan fingerprint density at radius 1 is 0.927 bits per heavy atom. The number of nitrogens with two attached hydrogens (primary N) is 1.